The molecule has 72 valence electrons. The Labute approximate surface area is 91.2 Å². The summed E-state index contributed by atoms with van der Waals surface area (Å²) in [5.41, 5.74) is 0. The summed E-state index contributed by atoms with van der Waals surface area (Å²) >= 11 is 2.09. The second-order valence-corrected chi connectivity index (χ2v) is 4.01. The molecule has 5 heteroatoms. The Hall–Kier alpha value is -0.350. The van der Waals surface area contributed by atoms with E-state index >= 15 is 0 Å². The molecule has 13 heavy (non-hydrogen) atoms. The number of rotatable bonds is 4. The molecule has 0 saturated carbocycles. The van der Waals surface area contributed by atoms with E-state index in [4.69, 9.17) is 5.26 Å². The molecule has 2 N–H and O–H groups in total. The highest BCUT2D eigenvalue weighted by Gasteiger charge is 2.21. The molecule has 0 aromatic heterocycles. The topological polar surface area (TPSA) is 64.9 Å². The molecule has 0 bridgehead atoms. The van der Waals surface area contributed by atoms with Gasteiger partial charge in [-0.15, -0.1) is 0 Å². The van der Waals surface area contributed by atoms with Crippen molar-refractivity contribution in [3.8, 4) is 6.07 Å². The molecule has 1 saturated heterocycles. The van der Waals surface area contributed by atoms with Crippen molar-refractivity contribution in [2.24, 2.45) is 5.92 Å². The first kappa shape index (κ1) is 10.7. The Morgan fingerprint density at radius 1 is 1.77 bits per heavy atom. The number of hydrogen-bond acceptors (Lipinski definition) is 3. The zero-order chi connectivity index (χ0) is 9.68. The maximum atomic E-state index is 11.3. The van der Waals surface area contributed by atoms with Crippen LogP contribution in [0.25, 0.3) is 0 Å². The van der Waals surface area contributed by atoms with Crippen molar-refractivity contribution in [3.63, 3.8) is 0 Å². The minimum atomic E-state index is -0.332. The average Bonchev–Trinajstić information content (AvgIpc) is 2.07. The Bertz CT molecular complexity index is 222. The quantitative estimate of drug-likeness (QED) is 0.568. The predicted molar refractivity (Wildman–Crippen MR) is 57.4 cm³/mol. The Kier molecular flexibility index (Phi) is 4.45. The molecule has 1 amide bonds. The third-order valence-electron chi connectivity index (χ3n) is 1.99. The Morgan fingerprint density at radius 2 is 2.46 bits per heavy atom. The summed E-state index contributed by atoms with van der Waals surface area (Å²) in [6.07, 6.45) is 0.543. The molecular formula is C8H12IN3O. The van der Waals surface area contributed by atoms with Crippen molar-refractivity contribution in [1.82, 2.24) is 10.6 Å². The van der Waals surface area contributed by atoms with Gasteiger partial charge in [0.1, 0.15) is 6.04 Å². The van der Waals surface area contributed by atoms with E-state index in [-0.39, 0.29) is 11.9 Å². The number of hydrogen-bond donors (Lipinski definition) is 2. The summed E-state index contributed by atoms with van der Waals surface area (Å²) in [5.74, 6) is 0.461. The zero-order valence-electron chi connectivity index (χ0n) is 7.22. The van der Waals surface area contributed by atoms with Crippen LogP contribution in [-0.4, -0.2) is 29.5 Å². The molecule has 0 aromatic carbocycles. The highest BCUT2D eigenvalue weighted by atomic mass is 127. The van der Waals surface area contributed by atoms with Crippen LogP contribution in [0.3, 0.4) is 0 Å². The first-order valence-corrected chi connectivity index (χ1v) is 5.74. The van der Waals surface area contributed by atoms with E-state index in [0.717, 1.165) is 13.1 Å². The van der Waals surface area contributed by atoms with E-state index in [0.29, 0.717) is 16.8 Å². The summed E-state index contributed by atoms with van der Waals surface area (Å²) < 4.78 is 0.642. The number of carbonyl (C=O) groups excluding carboxylic acids is 1. The maximum Gasteiger partial charge on any atom is 0.221 e. The molecule has 1 aliphatic rings. The van der Waals surface area contributed by atoms with Gasteiger partial charge in [-0.1, -0.05) is 22.6 Å². The van der Waals surface area contributed by atoms with Gasteiger partial charge in [0.2, 0.25) is 5.91 Å². The molecule has 1 atom stereocenters. The average molecular weight is 293 g/mol. The van der Waals surface area contributed by atoms with E-state index in [2.05, 4.69) is 33.2 Å². The molecule has 0 spiro atoms. The third-order valence-corrected chi connectivity index (χ3v) is 2.87. The second-order valence-electron chi connectivity index (χ2n) is 3.13. The van der Waals surface area contributed by atoms with E-state index in [1.807, 2.05) is 6.07 Å². The van der Waals surface area contributed by atoms with Crippen LogP contribution in [0.1, 0.15) is 6.42 Å². The SMILES string of the molecule is N#CC(CI)NC(=O)CC1CNC1. The van der Waals surface area contributed by atoms with Gasteiger partial charge in [0.15, 0.2) is 0 Å². The van der Waals surface area contributed by atoms with Gasteiger partial charge >= 0.3 is 0 Å². The van der Waals surface area contributed by atoms with Crippen LogP contribution < -0.4 is 10.6 Å². The van der Waals surface area contributed by atoms with Gasteiger partial charge in [-0.25, -0.2) is 0 Å². The molecule has 1 rings (SSSR count). The molecule has 0 aliphatic carbocycles. The van der Waals surface area contributed by atoms with Crippen molar-refractivity contribution >= 4 is 28.5 Å². The minimum Gasteiger partial charge on any atom is -0.340 e. The van der Waals surface area contributed by atoms with Gasteiger partial charge in [0, 0.05) is 10.8 Å². The molecule has 1 unspecified atom stereocenters. The molecule has 1 fully saturated rings. The highest BCUT2D eigenvalue weighted by molar-refractivity contribution is 14.1. The first-order valence-electron chi connectivity index (χ1n) is 4.22. The van der Waals surface area contributed by atoms with Crippen LogP contribution in [0, 0.1) is 17.2 Å². The molecular weight excluding hydrogens is 281 g/mol. The highest BCUT2D eigenvalue weighted by Crippen LogP contribution is 2.07. The minimum absolute atomic E-state index is 0.00489. The lowest BCUT2D eigenvalue weighted by atomic mass is 9.99. The van der Waals surface area contributed by atoms with Crippen molar-refractivity contribution in [1.29, 1.82) is 5.26 Å². The number of carbonyl (C=O) groups is 1. The van der Waals surface area contributed by atoms with Gasteiger partial charge in [-0.2, -0.15) is 5.26 Å². The molecule has 1 heterocycles. The van der Waals surface area contributed by atoms with E-state index in [9.17, 15) is 4.79 Å². The third kappa shape index (κ3) is 3.48. The van der Waals surface area contributed by atoms with E-state index in [1.54, 1.807) is 0 Å². The predicted octanol–water partition coefficient (Wildman–Crippen LogP) is 0.0393. The Balaban J connectivity index is 2.19. The van der Waals surface area contributed by atoms with Crippen molar-refractivity contribution < 1.29 is 4.79 Å². The van der Waals surface area contributed by atoms with Crippen molar-refractivity contribution in [3.05, 3.63) is 0 Å². The fourth-order valence-electron chi connectivity index (χ4n) is 1.11. The number of nitrogens with zero attached hydrogens (tertiary/aromatic N) is 1. The smallest absolute Gasteiger partial charge is 0.221 e. The normalized spacial score (nSPS) is 18.5. The first-order chi connectivity index (χ1) is 6.26. The lowest BCUT2D eigenvalue weighted by Crippen LogP contribution is -2.45. The Morgan fingerprint density at radius 3 is 2.85 bits per heavy atom. The monoisotopic (exact) mass is 293 g/mol. The van der Waals surface area contributed by atoms with Crippen molar-refractivity contribution in [2.45, 2.75) is 12.5 Å². The lowest BCUT2D eigenvalue weighted by Gasteiger charge is -2.26. The van der Waals surface area contributed by atoms with Crippen LogP contribution in [0.15, 0.2) is 0 Å². The van der Waals surface area contributed by atoms with E-state index < -0.39 is 0 Å². The molecule has 0 radical (unpaired) electrons. The largest absolute Gasteiger partial charge is 0.340 e. The second kappa shape index (κ2) is 5.40. The fourth-order valence-corrected chi connectivity index (χ4v) is 1.53. The number of halogens is 1. The summed E-state index contributed by atoms with van der Waals surface area (Å²) in [4.78, 5) is 11.3. The number of alkyl halides is 1. The lowest BCUT2D eigenvalue weighted by molar-refractivity contribution is -0.122. The number of nitrogens with one attached hydrogen (secondary N) is 2. The number of nitriles is 1. The molecule has 0 aromatic rings. The summed E-state index contributed by atoms with van der Waals surface area (Å²) in [6, 6.07) is 1.70. The summed E-state index contributed by atoms with van der Waals surface area (Å²) in [6.45, 7) is 1.85. The summed E-state index contributed by atoms with van der Waals surface area (Å²) in [5, 5.41) is 14.4. The van der Waals surface area contributed by atoms with Gasteiger partial charge in [-0.3, -0.25) is 4.79 Å². The van der Waals surface area contributed by atoms with Crippen LogP contribution in [-0.2, 0) is 4.79 Å². The standard InChI is InChI=1S/C8H12IN3O/c9-2-7(3-10)12-8(13)1-6-4-11-5-6/h6-7,11H,1-2,4-5H2,(H,12,13). The molecule has 4 nitrogen and oxygen atoms in total. The zero-order valence-corrected chi connectivity index (χ0v) is 9.37. The summed E-state index contributed by atoms with van der Waals surface area (Å²) in [7, 11) is 0. The number of amides is 1. The fraction of sp³-hybridized carbons (Fsp3) is 0.750. The van der Waals surface area contributed by atoms with Crippen LogP contribution >= 0.6 is 22.6 Å². The molecule has 1 aliphatic heterocycles. The van der Waals surface area contributed by atoms with Gasteiger partial charge in [0.25, 0.3) is 0 Å². The van der Waals surface area contributed by atoms with Crippen molar-refractivity contribution in [2.75, 3.05) is 17.5 Å². The van der Waals surface area contributed by atoms with Gasteiger partial charge in [0.05, 0.1) is 6.07 Å². The van der Waals surface area contributed by atoms with Crippen LogP contribution in [0.5, 0.6) is 0 Å². The van der Waals surface area contributed by atoms with Crippen LogP contribution in [0.2, 0.25) is 0 Å². The maximum absolute atomic E-state index is 11.3. The van der Waals surface area contributed by atoms with E-state index in [1.165, 1.54) is 0 Å². The van der Waals surface area contributed by atoms with Gasteiger partial charge in [-0.05, 0) is 19.0 Å². The van der Waals surface area contributed by atoms with Gasteiger partial charge < -0.3 is 10.6 Å². The van der Waals surface area contributed by atoms with Crippen LogP contribution in [0.4, 0.5) is 0 Å².